The molecule has 0 radical (unpaired) electrons. The molecule has 8 heteroatoms. The summed E-state index contributed by atoms with van der Waals surface area (Å²) in [6.45, 7) is 2.90. The third kappa shape index (κ3) is 4.16. The van der Waals surface area contributed by atoms with Crippen LogP contribution in [0, 0.1) is 5.92 Å². The van der Waals surface area contributed by atoms with Gasteiger partial charge >= 0.3 is 6.03 Å². The molecular formula is C20H30F3N3O2. The Labute approximate surface area is 164 Å². The third-order valence-electron chi connectivity index (χ3n) is 6.61. The lowest BCUT2D eigenvalue weighted by Gasteiger charge is -2.50. The van der Waals surface area contributed by atoms with Crippen LogP contribution >= 0.6 is 0 Å². The van der Waals surface area contributed by atoms with Crippen molar-refractivity contribution in [3.8, 4) is 0 Å². The number of hydrogen-bond donors (Lipinski definition) is 0. The molecule has 4 aliphatic rings. The van der Waals surface area contributed by atoms with Gasteiger partial charge in [0.05, 0.1) is 25.2 Å². The van der Waals surface area contributed by atoms with E-state index in [1.807, 2.05) is 6.92 Å². The van der Waals surface area contributed by atoms with E-state index in [9.17, 15) is 18.0 Å². The Kier molecular flexibility index (Phi) is 5.60. The maximum atomic E-state index is 13.8. The summed E-state index contributed by atoms with van der Waals surface area (Å²) >= 11 is 0. The summed E-state index contributed by atoms with van der Waals surface area (Å²) in [5.74, 6) is -0.204. The lowest BCUT2D eigenvalue weighted by molar-refractivity contribution is -0.161. The van der Waals surface area contributed by atoms with Gasteiger partial charge in [0.1, 0.15) is 24.1 Å². The molecule has 0 spiro atoms. The van der Waals surface area contributed by atoms with Gasteiger partial charge in [0.15, 0.2) is 0 Å². The highest BCUT2D eigenvalue weighted by atomic mass is 19.1. The van der Waals surface area contributed by atoms with E-state index in [1.165, 1.54) is 5.01 Å². The van der Waals surface area contributed by atoms with Crippen LogP contribution in [0.1, 0.15) is 58.3 Å². The molecule has 2 amide bonds. The standard InChI is InChI=1S/C20H30F3N3O2/c1-20(28-17-4-2-14(21)3-5-17)11-25(12-20)19(27)26-18(6-7-24-26)13-8-15(22)10-16(23)9-13/h7,13-18H,2-6,8-12H2,1H3/t13?,14?,15?,16?,17?,18-/m0/s1. The quantitative estimate of drug-likeness (QED) is 0.717. The topological polar surface area (TPSA) is 45.1 Å². The van der Waals surface area contributed by atoms with Gasteiger partial charge in [-0.2, -0.15) is 5.10 Å². The van der Waals surface area contributed by atoms with Gasteiger partial charge in [0, 0.05) is 19.1 Å². The van der Waals surface area contributed by atoms with Crippen molar-refractivity contribution in [3.63, 3.8) is 0 Å². The second-order valence-corrected chi connectivity index (χ2v) is 9.19. The molecule has 2 unspecified atom stereocenters. The number of carbonyl (C=O) groups is 1. The molecule has 0 aromatic rings. The van der Waals surface area contributed by atoms with Crippen molar-refractivity contribution in [2.45, 2.75) is 94.6 Å². The van der Waals surface area contributed by atoms with Crippen molar-refractivity contribution >= 4 is 12.2 Å². The zero-order chi connectivity index (χ0) is 19.9. The molecule has 2 aliphatic heterocycles. The summed E-state index contributed by atoms with van der Waals surface area (Å²) in [5, 5.41) is 5.63. The number of ether oxygens (including phenoxy) is 1. The number of likely N-dealkylation sites (tertiary alicyclic amines) is 1. The van der Waals surface area contributed by atoms with Crippen LogP contribution in [0.4, 0.5) is 18.0 Å². The van der Waals surface area contributed by atoms with Gasteiger partial charge in [-0.1, -0.05) is 0 Å². The average Bonchev–Trinajstić information content (AvgIpc) is 3.10. The van der Waals surface area contributed by atoms with E-state index in [4.69, 9.17) is 4.74 Å². The van der Waals surface area contributed by atoms with Crippen LogP contribution in [0.2, 0.25) is 0 Å². The lowest BCUT2D eigenvalue weighted by Crippen LogP contribution is -2.66. The highest BCUT2D eigenvalue weighted by Crippen LogP contribution is 2.37. The number of amides is 2. The minimum Gasteiger partial charge on any atom is -0.368 e. The molecule has 28 heavy (non-hydrogen) atoms. The number of nitrogens with zero attached hydrogens (tertiary/aromatic N) is 3. The predicted molar refractivity (Wildman–Crippen MR) is 99.5 cm³/mol. The number of hydrogen-bond acceptors (Lipinski definition) is 3. The molecule has 0 aromatic heterocycles. The summed E-state index contributed by atoms with van der Waals surface area (Å²) in [5.41, 5.74) is -0.415. The number of hydrazone groups is 1. The minimum absolute atomic E-state index is 0.0375. The molecule has 3 atom stereocenters. The van der Waals surface area contributed by atoms with Crippen molar-refractivity contribution in [1.29, 1.82) is 0 Å². The van der Waals surface area contributed by atoms with E-state index in [2.05, 4.69) is 5.10 Å². The molecule has 0 aromatic carbocycles. The average molecular weight is 401 g/mol. The van der Waals surface area contributed by atoms with Crippen molar-refractivity contribution < 1.29 is 22.7 Å². The second kappa shape index (κ2) is 7.84. The SMILES string of the molecule is CC1(OC2CCC(F)CC2)CN(C(=O)N2N=CC[C@H]2C2CC(F)CC(F)C2)C1. The molecule has 2 saturated carbocycles. The van der Waals surface area contributed by atoms with Crippen LogP contribution in [-0.2, 0) is 4.74 Å². The molecule has 3 fully saturated rings. The van der Waals surface area contributed by atoms with Crippen molar-refractivity contribution in [2.24, 2.45) is 11.0 Å². The summed E-state index contributed by atoms with van der Waals surface area (Å²) in [6, 6.07) is -0.486. The van der Waals surface area contributed by atoms with Crippen LogP contribution in [0.3, 0.4) is 0 Å². The third-order valence-corrected chi connectivity index (χ3v) is 6.61. The Morgan fingerprint density at radius 1 is 1.04 bits per heavy atom. The first kappa shape index (κ1) is 20.0. The number of carbonyl (C=O) groups excluding carboxylic acids is 1. The minimum atomic E-state index is -1.15. The van der Waals surface area contributed by atoms with Crippen molar-refractivity contribution in [1.82, 2.24) is 9.91 Å². The summed E-state index contributed by atoms with van der Waals surface area (Å²) < 4.78 is 47.1. The highest BCUT2D eigenvalue weighted by Gasteiger charge is 2.48. The van der Waals surface area contributed by atoms with E-state index in [0.29, 0.717) is 32.4 Å². The molecule has 2 heterocycles. The fraction of sp³-hybridized carbons (Fsp3) is 0.900. The van der Waals surface area contributed by atoms with Crippen LogP contribution in [-0.4, -0.2) is 71.5 Å². The van der Waals surface area contributed by atoms with Gasteiger partial charge in [-0.3, -0.25) is 0 Å². The highest BCUT2D eigenvalue weighted by molar-refractivity contribution is 5.79. The molecular weight excluding hydrogens is 371 g/mol. The first-order valence-electron chi connectivity index (χ1n) is 10.5. The van der Waals surface area contributed by atoms with E-state index in [1.54, 1.807) is 11.1 Å². The normalized spacial score (nSPS) is 40.4. The summed E-state index contributed by atoms with van der Waals surface area (Å²) in [4.78, 5) is 14.6. The first-order chi connectivity index (χ1) is 13.3. The van der Waals surface area contributed by atoms with Crippen molar-refractivity contribution in [2.75, 3.05) is 13.1 Å². The molecule has 4 rings (SSSR count). The Bertz CT molecular complexity index is 596. The summed E-state index contributed by atoms with van der Waals surface area (Å²) in [6.07, 6.45) is 2.32. The zero-order valence-corrected chi connectivity index (χ0v) is 16.4. The molecule has 5 nitrogen and oxygen atoms in total. The molecule has 2 aliphatic carbocycles. The largest absolute Gasteiger partial charge is 0.368 e. The number of rotatable bonds is 3. The van der Waals surface area contributed by atoms with E-state index in [-0.39, 0.29) is 43.4 Å². The lowest BCUT2D eigenvalue weighted by atomic mass is 9.81. The number of halogens is 3. The van der Waals surface area contributed by atoms with E-state index in [0.717, 1.165) is 12.8 Å². The number of urea groups is 1. The van der Waals surface area contributed by atoms with Gasteiger partial charge < -0.3 is 9.64 Å². The Morgan fingerprint density at radius 3 is 2.32 bits per heavy atom. The Balaban J connectivity index is 1.30. The first-order valence-corrected chi connectivity index (χ1v) is 10.5. The maximum Gasteiger partial charge on any atom is 0.340 e. The Morgan fingerprint density at radius 2 is 1.68 bits per heavy atom. The fourth-order valence-corrected chi connectivity index (χ4v) is 5.21. The van der Waals surface area contributed by atoms with E-state index >= 15 is 0 Å². The molecule has 0 bridgehead atoms. The maximum absolute atomic E-state index is 13.8. The molecule has 158 valence electrons. The van der Waals surface area contributed by atoms with Crippen molar-refractivity contribution in [3.05, 3.63) is 0 Å². The van der Waals surface area contributed by atoms with Gasteiger partial charge in [-0.05, 0) is 51.4 Å². The zero-order valence-electron chi connectivity index (χ0n) is 16.4. The number of alkyl halides is 3. The van der Waals surface area contributed by atoms with Crippen LogP contribution in [0.5, 0.6) is 0 Å². The van der Waals surface area contributed by atoms with Crippen LogP contribution < -0.4 is 0 Å². The van der Waals surface area contributed by atoms with Crippen LogP contribution in [0.15, 0.2) is 5.10 Å². The monoisotopic (exact) mass is 401 g/mol. The van der Waals surface area contributed by atoms with Gasteiger partial charge in [-0.15, -0.1) is 0 Å². The smallest absolute Gasteiger partial charge is 0.340 e. The van der Waals surface area contributed by atoms with Gasteiger partial charge in [-0.25, -0.2) is 23.0 Å². The van der Waals surface area contributed by atoms with E-state index < -0.39 is 24.1 Å². The summed E-state index contributed by atoms with van der Waals surface area (Å²) in [7, 11) is 0. The van der Waals surface area contributed by atoms with Gasteiger partial charge in [0.2, 0.25) is 0 Å². The molecule has 1 saturated heterocycles. The second-order valence-electron chi connectivity index (χ2n) is 9.19. The predicted octanol–water partition coefficient (Wildman–Crippen LogP) is 4.01. The van der Waals surface area contributed by atoms with Gasteiger partial charge in [0.25, 0.3) is 0 Å². The molecule has 0 N–H and O–H groups in total. The van der Waals surface area contributed by atoms with Crippen LogP contribution in [0.25, 0.3) is 0 Å². The fourth-order valence-electron chi connectivity index (χ4n) is 5.21. The Hall–Kier alpha value is -1.31.